The van der Waals surface area contributed by atoms with E-state index in [-0.39, 0.29) is 31.3 Å². The topological polar surface area (TPSA) is 63.7 Å². The summed E-state index contributed by atoms with van der Waals surface area (Å²) in [5.74, 6) is -0.600. The summed E-state index contributed by atoms with van der Waals surface area (Å²) < 4.78 is 5.48. The molecule has 1 amide bonds. The van der Waals surface area contributed by atoms with Gasteiger partial charge in [-0.25, -0.2) is 0 Å². The van der Waals surface area contributed by atoms with Gasteiger partial charge in [0.15, 0.2) is 0 Å². The van der Waals surface area contributed by atoms with Crippen LogP contribution in [0.5, 0.6) is 0 Å². The van der Waals surface area contributed by atoms with Gasteiger partial charge in [-0.2, -0.15) is 0 Å². The number of nitrogens with zero attached hydrogens (tertiary/aromatic N) is 1. The van der Waals surface area contributed by atoms with Crippen molar-refractivity contribution in [3.8, 4) is 0 Å². The van der Waals surface area contributed by atoms with Crippen molar-refractivity contribution in [3.63, 3.8) is 0 Å². The maximum atomic E-state index is 12.7. The Bertz CT molecular complexity index is 620. The van der Waals surface area contributed by atoms with E-state index < -0.39 is 17.0 Å². The summed E-state index contributed by atoms with van der Waals surface area (Å²) in [7, 11) is 0. The number of esters is 1. The number of likely N-dealkylation sites (tertiary alicyclic amines) is 1. The molecule has 0 aromatic heterocycles. The minimum absolute atomic E-state index is 0.00827. The summed E-state index contributed by atoms with van der Waals surface area (Å²) in [5, 5.41) is 0. The molecule has 1 aliphatic rings. The van der Waals surface area contributed by atoms with Crippen LogP contribution in [0.2, 0.25) is 0 Å². The second kappa shape index (κ2) is 6.75. The highest BCUT2D eigenvalue weighted by atomic mass is 16.6. The number of hydrogen-bond donors (Lipinski definition) is 0. The molecule has 1 fully saturated rings. The molecule has 0 unspecified atom stereocenters. The van der Waals surface area contributed by atoms with E-state index in [1.54, 1.807) is 25.7 Å². The maximum Gasteiger partial charge on any atom is 0.315 e. The van der Waals surface area contributed by atoms with Gasteiger partial charge in [0.2, 0.25) is 5.91 Å². The molecule has 0 aliphatic carbocycles. The van der Waals surface area contributed by atoms with Crippen molar-refractivity contribution in [3.05, 3.63) is 35.9 Å². The highest BCUT2D eigenvalue weighted by molar-refractivity contribution is 5.91. The number of benzene rings is 1. The van der Waals surface area contributed by atoms with E-state index in [1.165, 1.54) is 0 Å². The number of hydrogen-bond acceptors (Lipinski definition) is 4. The molecule has 1 heterocycles. The van der Waals surface area contributed by atoms with Gasteiger partial charge in [0.05, 0.1) is 6.04 Å². The first-order valence-corrected chi connectivity index (χ1v) is 8.20. The molecule has 1 saturated heterocycles. The van der Waals surface area contributed by atoms with Crippen LogP contribution in [0.25, 0.3) is 0 Å². The van der Waals surface area contributed by atoms with Crippen molar-refractivity contribution in [1.82, 2.24) is 4.90 Å². The minimum Gasteiger partial charge on any atom is -0.459 e. The van der Waals surface area contributed by atoms with E-state index in [4.69, 9.17) is 4.74 Å². The van der Waals surface area contributed by atoms with Crippen molar-refractivity contribution in [2.75, 3.05) is 6.54 Å². The quantitative estimate of drug-likeness (QED) is 0.615. The SMILES string of the molecule is C[C@H](c1ccccc1)N1C[C@@](CC=O)(C(=O)OC(C)(C)C)CC1=O. The predicted molar refractivity (Wildman–Crippen MR) is 90.1 cm³/mol. The average molecular weight is 331 g/mol. The first-order valence-electron chi connectivity index (χ1n) is 8.20. The smallest absolute Gasteiger partial charge is 0.315 e. The number of rotatable bonds is 5. The molecule has 1 aromatic rings. The van der Waals surface area contributed by atoms with E-state index in [9.17, 15) is 14.4 Å². The first kappa shape index (κ1) is 18.2. The summed E-state index contributed by atoms with van der Waals surface area (Å²) in [6, 6.07) is 9.49. The number of amides is 1. The Morgan fingerprint density at radius 2 is 1.96 bits per heavy atom. The molecule has 5 heteroatoms. The molecule has 0 N–H and O–H groups in total. The third-order valence-corrected chi connectivity index (χ3v) is 4.34. The van der Waals surface area contributed by atoms with E-state index in [0.717, 1.165) is 5.56 Å². The number of aldehydes is 1. The number of ether oxygens (including phenoxy) is 1. The fraction of sp³-hybridized carbons (Fsp3) is 0.526. The molecule has 0 spiro atoms. The monoisotopic (exact) mass is 331 g/mol. The number of carbonyl (C=O) groups excluding carboxylic acids is 3. The molecule has 24 heavy (non-hydrogen) atoms. The zero-order valence-corrected chi connectivity index (χ0v) is 14.7. The second-order valence-corrected chi connectivity index (χ2v) is 7.44. The Labute approximate surface area is 143 Å². The Morgan fingerprint density at radius 3 is 2.50 bits per heavy atom. The molecule has 0 bridgehead atoms. The fourth-order valence-corrected chi connectivity index (χ4v) is 3.03. The third kappa shape index (κ3) is 3.83. The summed E-state index contributed by atoms with van der Waals surface area (Å²) in [6.45, 7) is 7.47. The van der Waals surface area contributed by atoms with Gasteiger partial charge in [0, 0.05) is 19.4 Å². The lowest BCUT2D eigenvalue weighted by molar-refractivity contribution is -0.168. The Balaban J connectivity index is 2.25. The van der Waals surface area contributed by atoms with Gasteiger partial charge in [-0.1, -0.05) is 30.3 Å². The zero-order chi connectivity index (χ0) is 18.0. The largest absolute Gasteiger partial charge is 0.459 e. The van der Waals surface area contributed by atoms with Crippen LogP contribution in [0.3, 0.4) is 0 Å². The molecule has 1 aliphatic heterocycles. The van der Waals surface area contributed by atoms with Crippen LogP contribution < -0.4 is 0 Å². The molecular weight excluding hydrogens is 306 g/mol. The van der Waals surface area contributed by atoms with Gasteiger partial charge in [-0.3, -0.25) is 9.59 Å². The van der Waals surface area contributed by atoms with Crippen LogP contribution in [0.15, 0.2) is 30.3 Å². The Morgan fingerprint density at radius 1 is 1.33 bits per heavy atom. The maximum absolute atomic E-state index is 12.7. The summed E-state index contributed by atoms with van der Waals surface area (Å²) in [4.78, 5) is 38.0. The van der Waals surface area contributed by atoms with Crippen LogP contribution in [-0.4, -0.2) is 35.2 Å². The van der Waals surface area contributed by atoms with E-state index in [2.05, 4.69) is 0 Å². The van der Waals surface area contributed by atoms with E-state index >= 15 is 0 Å². The van der Waals surface area contributed by atoms with Crippen LogP contribution in [0.4, 0.5) is 0 Å². The van der Waals surface area contributed by atoms with Crippen molar-refractivity contribution >= 4 is 18.2 Å². The normalized spacial score (nSPS) is 22.3. The summed E-state index contributed by atoms with van der Waals surface area (Å²) >= 11 is 0. The van der Waals surface area contributed by atoms with Gasteiger partial charge >= 0.3 is 5.97 Å². The fourth-order valence-electron chi connectivity index (χ4n) is 3.03. The van der Waals surface area contributed by atoms with Crippen molar-refractivity contribution in [2.24, 2.45) is 5.41 Å². The van der Waals surface area contributed by atoms with Crippen molar-refractivity contribution in [2.45, 2.75) is 52.2 Å². The third-order valence-electron chi connectivity index (χ3n) is 4.34. The molecule has 2 atom stereocenters. The molecular formula is C19H25NO4. The highest BCUT2D eigenvalue weighted by Gasteiger charge is 2.51. The van der Waals surface area contributed by atoms with Crippen molar-refractivity contribution < 1.29 is 19.1 Å². The lowest BCUT2D eigenvalue weighted by Gasteiger charge is -2.31. The summed E-state index contributed by atoms with van der Waals surface area (Å²) in [5.41, 5.74) is -0.749. The van der Waals surface area contributed by atoms with Gasteiger partial charge in [0.25, 0.3) is 0 Å². The standard InChI is InChI=1S/C19H25NO4/c1-14(15-8-6-5-7-9-15)20-13-19(10-11-21,12-16(20)22)17(23)24-18(2,3)4/h5-9,11,14H,10,12-13H2,1-4H3/t14-,19+/m1/s1. The second-order valence-electron chi connectivity index (χ2n) is 7.44. The summed E-state index contributed by atoms with van der Waals surface area (Å²) in [6.07, 6.45) is 0.706. The Hall–Kier alpha value is -2.17. The van der Waals surface area contributed by atoms with Crippen LogP contribution in [-0.2, 0) is 19.1 Å². The molecule has 0 saturated carbocycles. The Kier molecular flexibility index (Phi) is 5.11. The van der Waals surface area contributed by atoms with E-state index in [0.29, 0.717) is 6.29 Å². The molecule has 1 aromatic carbocycles. The number of carbonyl (C=O) groups is 3. The molecule has 130 valence electrons. The highest BCUT2D eigenvalue weighted by Crippen LogP contribution is 2.40. The average Bonchev–Trinajstić information content (AvgIpc) is 2.84. The van der Waals surface area contributed by atoms with E-state index in [1.807, 2.05) is 37.3 Å². The predicted octanol–water partition coefficient (Wildman–Crippen LogP) is 2.90. The first-order chi connectivity index (χ1) is 11.2. The lowest BCUT2D eigenvalue weighted by Crippen LogP contribution is -2.40. The van der Waals surface area contributed by atoms with Crippen molar-refractivity contribution in [1.29, 1.82) is 0 Å². The zero-order valence-electron chi connectivity index (χ0n) is 14.7. The van der Waals surface area contributed by atoms with Gasteiger partial charge in [-0.15, -0.1) is 0 Å². The van der Waals surface area contributed by atoms with Gasteiger partial charge < -0.3 is 14.4 Å². The molecule has 2 rings (SSSR count). The van der Waals surface area contributed by atoms with Gasteiger partial charge in [-0.05, 0) is 33.3 Å². The van der Waals surface area contributed by atoms with Gasteiger partial charge in [0.1, 0.15) is 17.3 Å². The lowest BCUT2D eigenvalue weighted by atomic mass is 9.83. The van der Waals surface area contributed by atoms with Crippen LogP contribution in [0.1, 0.15) is 52.1 Å². The minimum atomic E-state index is -1.09. The van der Waals surface area contributed by atoms with Crippen LogP contribution >= 0.6 is 0 Å². The molecule has 5 nitrogen and oxygen atoms in total. The van der Waals surface area contributed by atoms with Crippen LogP contribution in [0, 0.1) is 5.41 Å². The molecule has 0 radical (unpaired) electrons.